The Kier molecular flexibility index (Phi) is 5.82. The molecule has 2 fully saturated rings. The third-order valence-corrected chi connectivity index (χ3v) is 6.11. The Morgan fingerprint density at radius 3 is 2.52 bits per heavy atom. The van der Waals surface area contributed by atoms with Crippen molar-refractivity contribution >= 4 is 17.8 Å². The molecule has 1 atom stereocenters. The summed E-state index contributed by atoms with van der Waals surface area (Å²) in [7, 11) is 0. The van der Waals surface area contributed by atoms with Gasteiger partial charge in [-0.05, 0) is 44.1 Å². The number of nitrogens with one attached hydrogen (secondary N) is 2. The molecule has 8 heteroatoms. The topological polar surface area (TPSA) is 98.4 Å². The maximum atomic E-state index is 13.1. The molecule has 2 aliphatic rings. The van der Waals surface area contributed by atoms with Crippen LogP contribution in [0.15, 0.2) is 18.2 Å². The van der Waals surface area contributed by atoms with Gasteiger partial charge in [0.2, 0.25) is 0 Å². The van der Waals surface area contributed by atoms with Crippen LogP contribution >= 0.6 is 0 Å². The van der Waals surface area contributed by atoms with Crippen LogP contribution in [0.2, 0.25) is 0 Å². The van der Waals surface area contributed by atoms with Gasteiger partial charge in [0.25, 0.3) is 11.8 Å². The highest BCUT2D eigenvalue weighted by atomic mass is 16.2. The fourth-order valence-corrected chi connectivity index (χ4v) is 4.34. The summed E-state index contributed by atoms with van der Waals surface area (Å²) in [5.74, 6) is 0.00126. The first-order valence-electron chi connectivity index (χ1n) is 10.3. The lowest BCUT2D eigenvalue weighted by molar-refractivity contribution is -0.133. The molecule has 0 unspecified atom stereocenters. The zero-order valence-corrected chi connectivity index (χ0v) is 17.7. The van der Waals surface area contributed by atoms with Crippen LogP contribution in [0.1, 0.15) is 69.1 Å². The number of urea groups is 1. The van der Waals surface area contributed by atoms with Gasteiger partial charge in [-0.15, -0.1) is 0 Å². The van der Waals surface area contributed by atoms with Crippen molar-refractivity contribution in [2.75, 3.05) is 19.6 Å². The lowest BCUT2D eigenvalue weighted by atomic mass is 9.75. The van der Waals surface area contributed by atoms with E-state index in [-0.39, 0.29) is 36.2 Å². The highest BCUT2D eigenvalue weighted by Gasteiger charge is 2.54. The number of likely N-dealkylation sites (tertiary alicyclic amines) is 1. The van der Waals surface area contributed by atoms with Crippen molar-refractivity contribution in [1.82, 2.24) is 25.3 Å². The maximum Gasteiger partial charge on any atom is 0.325 e. The number of H-pyrrole nitrogens is 1. The van der Waals surface area contributed by atoms with Crippen LogP contribution in [0.25, 0.3) is 0 Å². The second kappa shape index (κ2) is 8.00. The molecule has 0 radical (unpaired) electrons. The molecule has 29 heavy (non-hydrogen) atoms. The molecule has 0 spiro atoms. The molecule has 158 valence electrons. The molecule has 0 aromatic carbocycles. The summed E-state index contributed by atoms with van der Waals surface area (Å²) < 4.78 is 0. The van der Waals surface area contributed by atoms with E-state index in [0.29, 0.717) is 38.0 Å². The summed E-state index contributed by atoms with van der Waals surface area (Å²) in [6, 6.07) is 1.46. The number of amides is 4. The molecule has 2 saturated heterocycles. The van der Waals surface area contributed by atoms with Crippen LogP contribution in [0, 0.1) is 5.92 Å². The number of piperidine rings is 1. The van der Waals surface area contributed by atoms with Gasteiger partial charge >= 0.3 is 6.03 Å². The van der Waals surface area contributed by atoms with Gasteiger partial charge in [-0.2, -0.15) is 5.10 Å². The minimum atomic E-state index is -0.890. The fourth-order valence-electron chi connectivity index (χ4n) is 4.34. The molecule has 0 saturated carbocycles. The Bertz CT molecular complexity index is 822. The number of hydrogen-bond acceptors (Lipinski definition) is 4. The van der Waals surface area contributed by atoms with Gasteiger partial charge in [0.15, 0.2) is 0 Å². The normalized spacial score (nSPS) is 23.1. The highest BCUT2D eigenvalue weighted by Crippen LogP contribution is 2.36. The van der Waals surface area contributed by atoms with Crippen LogP contribution in [-0.2, 0) is 4.79 Å². The molecule has 2 N–H and O–H groups in total. The predicted molar refractivity (Wildman–Crippen MR) is 109 cm³/mol. The summed E-state index contributed by atoms with van der Waals surface area (Å²) in [5.41, 5.74) is 1.24. The maximum absolute atomic E-state index is 13.1. The summed E-state index contributed by atoms with van der Waals surface area (Å²) in [6.45, 7) is 13.0. The average molecular weight is 402 g/mol. The molecule has 8 nitrogen and oxygen atoms in total. The number of hydrogen-bond donors (Lipinski definition) is 2. The second-order valence-corrected chi connectivity index (χ2v) is 8.53. The quantitative estimate of drug-likeness (QED) is 0.565. The second-order valence-electron chi connectivity index (χ2n) is 8.53. The minimum absolute atomic E-state index is 0.00599. The van der Waals surface area contributed by atoms with E-state index in [1.807, 2.05) is 26.8 Å². The van der Waals surface area contributed by atoms with Crippen molar-refractivity contribution in [2.24, 2.45) is 5.92 Å². The smallest absolute Gasteiger partial charge is 0.325 e. The van der Waals surface area contributed by atoms with Crippen molar-refractivity contribution in [3.63, 3.8) is 0 Å². The SMILES string of the molecule is C=C(C)CN1C(=O)N[C@](CC)(C2CCN(C(=O)c3cc(C(C)C)[nH]n3)CC2)C1=O. The Morgan fingerprint density at radius 1 is 1.34 bits per heavy atom. The lowest BCUT2D eigenvalue weighted by Gasteiger charge is -2.40. The number of rotatable bonds is 6. The van der Waals surface area contributed by atoms with E-state index in [2.05, 4.69) is 22.1 Å². The summed E-state index contributed by atoms with van der Waals surface area (Å²) in [5, 5.41) is 10.0. The number of carbonyl (C=O) groups is 3. The summed E-state index contributed by atoms with van der Waals surface area (Å²) >= 11 is 0. The number of nitrogens with zero attached hydrogens (tertiary/aromatic N) is 3. The van der Waals surface area contributed by atoms with Gasteiger partial charge in [0.1, 0.15) is 11.2 Å². The number of imide groups is 1. The van der Waals surface area contributed by atoms with Crippen LogP contribution in [0.5, 0.6) is 0 Å². The van der Waals surface area contributed by atoms with E-state index in [1.54, 1.807) is 11.8 Å². The minimum Gasteiger partial charge on any atom is -0.337 e. The molecule has 0 aliphatic carbocycles. The van der Waals surface area contributed by atoms with Gasteiger partial charge in [-0.1, -0.05) is 32.9 Å². The molecular formula is C21H31N5O3. The zero-order valence-electron chi connectivity index (χ0n) is 17.7. The van der Waals surface area contributed by atoms with Crippen molar-refractivity contribution in [1.29, 1.82) is 0 Å². The fraction of sp³-hybridized carbons (Fsp3) is 0.619. The first kappa shape index (κ1) is 21.1. The van der Waals surface area contributed by atoms with E-state index >= 15 is 0 Å². The van der Waals surface area contributed by atoms with E-state index < -0.39 is 5.54 Å². The van der Waals surface area contributed by atoms with Crippen molar-refractivity contribution < 1.29 is 14.4 Å². The van der Waals surface area contributed by atoms with E-state index in [0.717, 1.165) is 11.3 Å². The Hall–Kier alpha value is -2.64. The average Bonchev–Trinajstić information content (AvgIpc) is 3.27. The highest BCUT2D eigenvalue weighted by molar-refractivity contribution is 6.07. The standard InChI is InChI=1S/C21H31N5O3/c1-6-21(19(28)26(12-13(2)3)20(29)22-21)15-7-9-25(10-8-15)18(27)17-11-16(14(4)5)23-24-17/h11,14-15H,2,6-10,12H2,1,3-5H3,(H,22,29)(H,23,24)/t21-/m1/s1. The van der Waals surface area contributed by atoms with E-state index in [1.165, 1.54) is 4.90 Å². The van der Waals surface area contributed by atoms with Crippen molar-refractivity contribution in [3.8, 4) is 0 Å². The van der Waals surface area contributed by atoms with Gasteiger partial charge in [-0.3, -0.25) is 19.6 Å². The first-order chi connectivity index (χ1) is 13.7. The third kappa shape index (κ3) is 3.80. The summed E-state index contributed by atoms with van der Waals surface area (Å²) in [6.07, 6.45) is 1.85. The van der Waals surface area contributed by atoms with Gasteiger partial charge < -0.3 is 10.2 Å². The van der Waals surface area contributed by atoms with Gasteiger partial charge in [-0.25, -0.2) is 4.79 Å². The van der Waals surface area contributed by atoms with Crippen molar-refractivity contribution in [3.05, 3.63) is 29.6 Å². The van der Waals surface area contributed by atoms with E-state index in [4.69, 9.17) is 0 Å². The van der Waals surface area contributed by atoms with Crippen LogP contribution in [0.4, 0.5) is 4.79 Å². The molecule has 3 heterocycles. The Balaban J connectivity index is 1.68. The van der Waals surface area contributed by atoms with E-state index in [9.17, 15) is 14.4 Å². The molecule has 1 aromatic heterocycles. The largest absolute Gasteiger partial charge is 0.337 e. The molecule has 4 amide bonds. The van der Waals surface area contributed by atoms with Crippen LogP contribution in [-0.4, -0.2) is 63.0 Å². The predicted octanol–water partition coefficient (Wildman–Crippen LogP) is 2.66. The third-order valence-electron chi connectivity index (χ3n) is 6.11. The zero-order chi connectivity index (χ0) is 21.3. The van der Waals surface area contributed by atoms with Crippen LogP contribution in [0.3, 0.4) is 0 Å². The van der Waals surface area contributed by atoms with Gasteiger partial charge in [0, 0.05) is 18.8 Å². The molecule has 3 rings (SSSR count). The monoisotopic (exact) mass is 401 g/mol. The van der Waals surface area contributed by atoms with Crippen LogP contribution < -0.4 is 5.32 Å². The molecule has 0 bridgehead atoms. The lowest BCUT2D eigenvalue weighted by Crippen LogP contribution is -2.56. The number of carbonyl (C=O) groups excluding carboxylic acids is 3. The first-order valence-corrected chi connectivity index (χ1v) is 10.3. The summed E-state index contributed by atoms with van der Waals surface area (Å²) in [4.78, 5) is 41.4. The molecule has 1 aromatic rings. The molecular weight excluding hydrogens is 370 g/mol. The Morgan fingerprint density at radius 2 is 2.00 bits per heavy atom. The number of aromatic nitrogens is 2. The number of aromatic amines is 1. The molecule has 2 aliphatic heterocycles. The van der Waals surface area contributed by atoms with Crippen molar-refractivity contribution in [2.45, 2.75) is 58.4 Å². The van der Waals surface area contributed by atoms with Gasteiger partial charge in [0.05, 0.1) is 6.54 Å². The Labute approximate surface area is 171 Å².